The Morgan fingerprint density at radius 1 is 1.35 bits per heavy atom. The highest BCUT2D eigenvalue weighted by molar-refractivity contribution is 5.82. The van der Waals surface area contributed by atoms with Gasteiger partial charge in [-0.15, -0.1) is 0 Å². The minimum Gasteiger partial charge on any atom is -0.496 e. The van der Waals surface area contributed by atoms with Gasteiger partial charge >= 0.3 is 12.1 Å². The summed E-state index contributed by atoms with van der Waals surface area (Å²) in [4.78, 5) is 10.8. The Morgan fingerprint density at radius 3 is 2.29 bits per heavy atom. The second-order valence-electron chi connectivity index (χ2n) is 3.31. The maximum atomic E-state index is 12.8. The van der Waals surface area contributed by atoms with Crippen LogP contribution in [0.3, 0.4) is 0 Å². The van der Waals surface area contributed by atoms with Crippen molar-refractivity contribution in [3.63, 3.8) is 0 Å². The van der Waals surface area contributed by atoms with Crippen molar-refractivity contribution in [2.45, 2.75) is 11.7 Å². The van der Waals surface area contributed by atoms with E-state index in [0.717, 1.165) is 13.2 Å². The molecule has 0 spiro atoms. The Labute approximate surface area is 94.8 Å². The molecule has 0 fully saturated rings. The molecule has 17 heavy (non-hydrogen) atoms. The molecule has 0 amide bonds. The highest BCUT2D eigenvalue weighted by atomic mass is 19.4. The fraction of sp³-hybridized carbons (Fsp3) is 0.300. The zero-order valence-electron chi connectivity index (χ0n) is 8.78. The molecule has 0 bridgehead atoms. The van der Waals surface area contributed by atoms with Gasteiger partial charge in [-0.05, 0) is 6.07 Å². The van der Waals surface area contributed by atoms with Crippen LogP contribution < -0.4 is 10.5 Å². The lowest BCUT2D eigenvalue weighted by Crippen LogP contribution is -2.56. The molecule has 3 N–H and O–H groups in total. The van der Waals surface area contributed by atoms with E-state index in [9.17, 15) is 18.0 Å². The topological polar surface area (TPSA) is 72.5 Å². The molecule has 4 nitrogen and oxygen atoms in total. The summed E-state index contributed by atoms with van der Waals surface area (Å²) in [6.45, 7) is 0. The lowest BCUT2D eigenvalue weighted by atomic mass is 9.89. The minimum atomic E-state index is -5.13. The number of alkyl halides is 3. The molecule has 0 aliphatic carbocycles. The average molecular weight is 249 g/mol. The largest absolute Gasteiger partial charge is 0.496 e. The number of carboxylic acid groups (broad SMARTS) is 1. The van der Waals surface area contributed by atoms with Gasteiger partial charge in [-0.25, -0.2) is 4.79 Å². The lowest BCUT2D eigenvalue weighted by molar-refractivity contribution is -0.205. The quantitative estimate of drug-likeness (QED) is 0.851. The van der Waals surface area contributed by atoms with Crippen LogP contribution in [-0.4, -0.2) is 24.4 Å². The van der Waals surface area contributed by atoms with E-state index in [1.807, 2.05) is 0 Å². The summed E-state index contributed by atoms with van der Waals surface area (Å²) in [6.07, 6.45) is -5.13. The first-order valence-corrected chi connectivity index (χ1v) is 4.47. The molecule has 0 unspecified atom stereocenters. The van der Waals surface area contributed by atoms with Gasteiger partial charge in [0.05, 0.1) is 7.11 Å². The number of rotatable bonds is 3. The number of aliphatic carboxylic acids is 1. The maximum Gasteiger partial charge on any atom is 0.421 e. The van der Waals surface area contributed by atoms with Crippen LogP contribution in [0.5, 0.6) is 5.75 Å². The van der Waals surface area contributed by atoms with E-state index in [1.165, 1.54) is 18.2 Å². The molecule has 7 heteroatoms. The van der Waals surface area contributed by atoms with Crippen molar-refractivity contribution >= 4 is 5.97 Å². The molecule has 1 aromatic rings. The number of methoxy groups -OCH3 is 1. The molecule has 0 aromatic heterocycles. The van der Waals surface area contributed by atoms with Gasteiger partial charge in [0.1, 0.15) is 5.75 Å². The molecule has 0 aliphatic rings. The third kappa shape index (κ3) is 2.05. The van der Waals surface area contributed by atoms with E-state index < -0.39 is 23.2 Å². The Balaban J connectivity index is 3.49. The first kappa shape index (κ1) is 13.3. The van der Waals surface area contributed by atoms with Crippen LogP contribution in [0.25, 0.3) is 0 Å². The highest BCUT2D eigenvalue weighted by Gasteiger charge is 2.60. The molecular formula is C10H10F3NO3. The van der Waals surface area contributed by atoms with Crippen molar-refractivity contribution in [2.24, 2.45) is 5.73 Å². The van der Waals surface area contributed by atoms with Gasteiger partial charge < -0.3 is 15.6 Å². The van der Waals surface area contributed by atoms with Crippen LogP contribution >= 0.6 is 0 Å². The molecule has 1 atom stereocenters. The summed E-state index contributed by atoms with van der Waals surface area (Å²) in [7, 11) is 1.14. The summed E-state index contributed by atoms with van der Waals surface area (Å²) in [6, 6.07) is 4.86. The summed E-state index contributed by atoms with van der Waals surface area (Å²) in [5.41, 5.74) is 0.888. The number of benzene rings is 1. The number of halogens is 3. The van der Waals surface area contributed by atoms with Crippen LogP contribution in [0, 0.1) is 0 Å². The zero-order valence-corrected chi connectivity index (χ0v) is 8.78. The van der Waals surface area contributed by atoms with E-state index in [2.05, 4.69) is 0 Å². The number of hydrogen-bond acceptors (Lipinski definition) is 3. The number of nitrogens with two attached hydrogens (primary N) is 1. The number of carbonyl (C=O) groups is 1. The molecule has 0 radical (unpaired) electrons. The standard InChI is InChI=1S/C10H10F3NO3/c1-17-7-5-3-2-4-6(7)9(14,8(15)16)10(11,12)13/h2-5H,14H2,1H3,(H,15,16)/t9-/m1/s1. The minimum absolute atomic E-state index is 0.227. The highest BCUT2D eigenvalue weighted by Crippen LogP contribution is 2.40. The molecule has 1 aromatic carbocycles. The van der Waals surface area contributed by atoms with E-state index in [1.54, 1.807) is 0 Å². The average Bonchev–Trinajstić information content (AvgIpc) is 2.26. The zero-order chi connectivity index (χ0) is 13.3. The number of hydrogen-bond donors (Lipinski definition) is 2. The third-order valence-corrected chi connectivity index (χ3v) is 2.32. The van der Waals surface area contributed by atoms with Gasteiger partial charge in [0.25, 0.3) is 0 Å². The van der Waals surface area contributed by atoms with Crippen LogP contribution in [0.2, 0.25) is 0 Å². The molecule has 0 saturated heterocycles. The van der Waals surface area contributed by atoms with Gasteiger partial charge in [-0.3, -0.25) is 0 Å². The monoisotopic (exact) mass is 249 g/mol. The Hall–Kier alpha value is -1.76. The fourth-order valence-electron chi connectivity index (χ4n) is 1.36. The van der Waals surface area contributed by atoms with Gasteiger partial charge in [0.15, 0.2) is 0 Å². The second kappa shape index (κ2) is 4.25. The van der Waals surface area contributed by atoms with Gasteiger partial charge in [0, 0.05) is 5.56 Å². The number of ether oxygens (including phenoxy) is 1. The molecular weight excluding hydrogens is 239 g/mol. The maximum absolute atomic E-state index is 12.8. The SMILES string of the molecule is COc1ccccc1[C@@](N)(C(=O)O)C(F)(F)F. The molecule has 0 heterocycles. The first-order valence-electron chi connectivity index (χ1n) is 4.47. The second-order valence-corrected chi connectivity index (χ2v) is 3.31. The summed E-state index contributed by atoms with van der Waals surface area (Å²) in [5, 5.41) is 8.74. The molecule has 0 aliphatic heterocycles. The normalized spacial score (nSPS) is 15.1. The van der Waals surface area contributed by atoms with Crippen LogP contribution in [0.4, 0.5) is 13.2 Å². The predicted octanol–water partition coefficient (Wildman–Crippen LogP) is 1.50. The van der Waals surface area contributed by atoms with Gasteiger partial charge in [0.2, 0.25) is 5.54 Å². The summed E-state index contributed by atoms with van der Waals surface area (Å²) < 4.78 is 43.1. The van der Waals surface area contributed by atoms with E-state index in [0.29, 0.717) is 0 Å². The Bertz CT molecular complexity index is 433. The van der Waals surface area contributed by atoms with E-state index in [4.69, 9.17) is 15.6 Å². The van der Waals surface area contributed by atoms with E-state index >= 15 is 0 Å². The van der Waals surface area contributed by atoms with Crippen molar-refractivity contribution in [1.29, 1.82) is 0 Å². The fourth-order valence-corrected chi connectivity index (χ4v) is 1.36. The lowest BCUT2D eigenvalue weighted by Gasteiger charge is -2.28. The number of para-hydroxylation sites is 1. The Morgan fingerprint density at radius 2 is 1.88 bits per heavy atom. The molecule has 1 rings (SSSR count). The van der Waals surface area contributed by atoms with Crippen LogP contribution in [0.1, 0.15) is 5.56 Å². The molecule has 0 saturated carbocycles. The third-order valence-electron chi connectivity index (χ3n) is 2.32. The van der Waals surface area contributed by atoms with Crippen molar-refractivity contribution < 1.29 is 27.8 Å². The van der Waals surface area contributed by atoms with Crippen molar-refractivity contribution in [1.82, 2.24) is 0 Å². The van der Waals surface area contributed by atoms with Gasteiger partial charge in [-0.1, -0.05) is 18.2 Å². The van der Waals surface area contributed by atoms with Crippen molar-refractivity contribution in [2.75, 3.05) is 7.11 Å². The summed E-state index contributed by atoms with van der Waals surface area (Å²) in [5.74, 6) is -2.41. The van der Waals surface area contributed by atoms with Crippen molar-refractivity contribution in [3.05, 3.63) is 29.8 Å². The first-order chi connectivity index (χ1) is 7.75. The van der Waals surface area contributed by atoms with Crippen LogP contribution in [-0.2, 0) is 10.3 Å². The smallest absolute Gasteiger partial charge is 0.421 e. The van der Waals surface area contributed by atoms with Crippen molar-refractivity contribution in [3.8, 4) is 5.75 Å². The summed E-state index contributed by atoms with van der Waals surface area (Å²) >= 11 is 0. The van der Waals surface area contributed by atoms with Crippen LogP contribution in [0.15, 0.2) is 24.3 Å². The predicted molar refractivity (Wildman–Crippen MR) is 52.6 cm³/mol. The molecule has 94 valence electrons. The van der Waals surface area contributed by atoms with Gasteiger partial charge in [-0.2, -0.15) is 13.2 Å². The Kier molecular flexibility index (Phi) is 3.33. The number of carboxylic acids is 1. The van der Waals surface area contributed by atoms with E-state index in [-0.39, 0.29) is 5.75 Å².